The number of amides is 2. The maximum Gasteiger partial charge on any atom is 0.251 e. The Morgan fingerprint density at radius 2 is 2.35 bits per heavy atom. The topological polar surface area (TPSA) is 78.4 Å². The van der Waals surface area contributed by atoms with E-state index in [1.165, 1.54) is 0 Å². The van der Waals surface area contributed by atoms with E-state index in [0.717, 1.165) is 5.56 Å². The van der Waals surface area contributed by atoms with Crippen LogP contribution >= 0.6 is 0 Å². The van der Waals surface area contributed by atoms with Crippen molar-refractivity contribution in [2.45, 2.75) is 19.4 Å². The van der Waals surface area contributed by atoms with Crippen LogP contribution in [-0.4, -0.2) is 36.1 Å². The molecule has 0 aromatic heterocycles. The highest BCUT2D eigenvalue weighted by atomic mass is 16.2. The molecule has 0 bridgehead atoms. The molecule has 1 aliphatic heterocycles. The molecule has 3 N–H and O–H groups in total. The zero-order valence-electron chi connectivity index (χ0n) is 11.2. The monoisotopic (exact) mass is 272 g/mol. The van der Waals surface area contributed by atoms with Gasteiger partial charge in [-0.05, 0) is 24.6 Å². The Hall–Kier alpha value is -2.32. The lowest BCUT2D eigenvalue weighted by Gasteiger charge is -2.12. The highest BCUT2D eigenvalue weighted by Crippen LogP contribution is 2.13. The van der Waals surface area contributed by atoms with Gasteiger partial charge in [0.1, 0.15) is 6.61 Å². The zero-order chi connectivity index (χ0) is 14.5. The zero-order valence-corrected chi connectivity index (χ0v) is 11.2. The first-order valence-corrected chi connectivity index (χ1v) is 6.38. The van der Waals surface area contributed by atoms with E-state index < -0.39 is 0 Å². The largest absolute Gasteiger partial charge is 0.384 e. The third-order valence-corrected chi connectivity index (χ3v) is 3.19. The molecule has 1 fully saturated rings. The summed E-state index contributed by atoms with van der Waals surface area (Å²) in [7, 11) is 0. The van der Waals surface area contributed by atoms with Crippen LogP contribution in [0.5, 0.6) is 0 Å². The van der Waals surface area contributed by atoms with Crippen LogP contribution in [0.25, 0.3) is 0 Å². The number of carbonyl (C=O) groups is 2. The van der Waals surface area contributed by atoms with Gasteiger partial charge in [0.05, 0.1) is 6.04 Å². The summed E-state index contributed by atoms with van der Waals surface area (Å²) in [5.74, 6) is 5.12. The lowest BCUT2D eigenvalue weighted by atomic mass is 10.0. The first kappa shape index (κ1) is 14.1. The molecule has 2 rings (SSSR count). The van der Waals surface area contributed by atoms with Crippen LogP contribution in [0, 0.1) is 18.8 Å². The van der Waals surface area contributed by atoms with Gasteiger partial charge in [-0.1, -0.05) is 17.9 Å². The third kappa shape index (κ3) is 3.16. The Morgan fingerprint density at radius 3 is 3.00 bits per heavy atom. The van der Waals surface area contributed by atoms with Crippen molar-refractivity contribution < 1.29 is 14.7 Å². The molecule has 1 heterocycles. The molecule has 1 unspecified atom stereocenters. The van der Waals surface area contributed by atoms with Gasteiger partial charge in [-0.15, -0.1) is 0 Å². The van der Waals surface area contributed by atoms with Crippen LogP contribution in [0.4, 0.5) is 0 Å². The molecule has 5 heteroatoms. The summed E-state index contributed by atoms with van der Waals surface area (Å²) < 4.78 is 0. The Kier molecular flexibility index (Phi) is 4.38. The number of aliphatic hydroxyl groups is 1. The van der Waals surface area contributed by atoms with Crippen LogP contribution in [0.1, 0.15) is 27.9 Å². The maximum atomic E-state index is 12.2. The molecular formula is C15H16N2O3. The van der Waals surface area contributed by atoms with Crippen molar-refractivity contribution in [1.29, 1.82) is 0 Å². The minimum absolute atomic E-state index is 0.0467. The number of benzene rings is 1. The smallest absolute Gasteiger partial charge is 0.251 e. The van der Waals surface area contributed by atoms with E-state index in [-0.39, 0.29) is 24.5 Å². The molecule has 1 saturated heterocycles. The predicted molar refractivity (Wildman–Crippen MR) is 74.0 cm³/mol. The van der Waals surface area contributed by atoms with Gasteiger partial charge < -0.3 is 15.7 Å². The second kappa shape index (κ2) is 6.22. The van der Waals surface area contributed by atoms with Crippen LogP contribution < -0.4 is 10.6 Å². The van der Waals surface area contributed by atoms with Crippen molar-refractivity contribution in [2.75, 3.05) is 13.2 Å². The molecule has 5 nitrogen and oxygen atoms in total. The molecule has 1 atom stereocenters. The number of nitrogens with one attached hydrogen (secondary N) is 2. The van der Waals surface area contributed by atoms with Crippen molar-refractivity contribution in [1.82, 2.24) is 10.6 Å². The van der Waals surface area contributed by atoms with Crippen LogP contribution in [0.15, 0.2) is 18.2 Å². The lowest BCUT2D eigenvalue weighted by molar-refractivity contribution is -0.119. The fourth-order valence-electron chi connectivity index (χ4n) is 2.12. The molecule has 0 saturated carbocycles. The molecule has 0 spiro atoms. The maximum absolute atomic E-state index is 12.2. The molecule has 2 amide bonds. The lowest BCUT2D eigenvalue weighted by Crippen LogP contribution is -2.36. The molecule has 104 valence electrons. The van der Waals surface area contributed by atoms with Crippen LogP contribution in [-0.2, 0) is 4.79 Å². The summed E-state index contributed by atoms with van der Waals surface area (Å²) in [4.78, 5) is 23.3. The Balaban J connectivity index is 2.15. The van der Waals surface area contributed by atoms with Crippen LogP contribution in [0.2, 0.25) is 0 Å². The Bertz CT molecular complexity index is 599. The first-order chi connectivity index (χ1) is 9.61. The molecule has 0 aliphatic carbocycles. The Morgan fingerprint density at radius 1 is 1.55 bits per heavy atom. The van der Waals surface area contributed by atoms with Gasteiger partial charge in [-0.2, -0.15) is 0 Å². The standard InChI is InChI=1S/C15H16N2O3/c1-10-11(5-3-7-18)4-2-6-13(10)15(20)17-12-8-14(19)16-9-12/h2,4,6,12,18H,7-9H2,1H3,(H,16,19)(H,17,20). The minimum Gasteiger partial charge on any atom is -0.384 e. The van der Waals surface area contributed by atoms with Gasteiger partial charge in [0.2, 0.25) is 5.91 Å². The van der Waals surface area contributed by atoms with E-state index in [1.807, 2.05) is 6.92 Å². The summed E-state index contributed by atoms with van der Waals surface area (Å²) in [6.45, 7) is 2.06. The molecule has 1 aromatic rings. The molecular weight excluding hydrogens is 256 g/mol. The van der Waals surface area contributed by atoms with Crippen molar-refractivity contribution in [2.24, 2.45) is 0 Å². The van der Waals surface area contributed by atoms with Crippen molar-refractivity contribution >= 4 is 11.8 Å². The van der Waals surface area contributed by atoms with Gasteiger partial charge >= 0.3 is 0 Å². The number of hydrogen-bond donors (Lipinski definition) is 3. The average molecular weight is 272 g/mol. The highest BCUT2D eigenvalue weighted by molar-refractivity contribution is 5.97. The van der Waals surface area contributed by atoms with E-state index in [4.69, 9.17) is 5.11 Å². The second-order valence-electron chi connectivity index (χ2n) is 4.62. The van der Waals surface area contributed by atoms with Crippen molar-refractivity contribution in [3.8, 4) is 11.8 Å². The highest BCUT2D eigenvalue weighted by Gasteiger charge is 2.23. The van der Waals surface area contributed by atoms with E-state index in [2.05, 4.69) is 22.5 Å². The SMILES string of the molecule is Cc1c(C#CCO)cccc1C(=O)NC1CNC(=O)C1. The summed E-state index contributed by atoms with van der Waals surface area (Å²) >= 11 is 0. The van der Waals surface area contributed by atoms with Gasteiger partial charge in [-0.25, -0.2) is 0 Å². The molecule has 1 aliphatic rings. The molecule has 1 aromatic carbocycles. The summed E-state index contributed by atoms with van der Waals surface area (Å²) in [6.07, 6.45) is 0.314. The van der Waals surface area contributed by atoms with Crippen molar-refractivity contribution in [3.63, 3.8) is 0 Å². The quantitative estimate of drug-likeness (QED) is 0.661. The second-order valence-corrected chi connectivity index (χ2v) is 4.62. The van der Waals surface area contributed by atoms with E-state index >= 15 is 0 Å². The predicted octanol–water partition coefficient (Wildman–Crippen LogP) is -0.0429. The number of carbonyl (C=O) groups excluding carboxylic acids is 2. The number of rotatable bonds is 2. The van der Waals surface area contributed by atoms with Gasteiger partial charge in [0.15, 0.2) is 0 Å². The summed E-state index contributed by atoms with van der Waals surface area (Å²) in [5.41, 5.74) is 2.02. The molecule has 0 radical (unpaired) electrons. The minimum atomic E-state index is -0.217. The summed E-state index contributed by atoms with van der Waals surface area (Å²) in [5, 5.41) is 14.2. The number of aliphatic hydroxyl groups excluding tert-OH is 1. The number of hydrogen-bond acceptors (Lipinski definition) is 3. The Labute approximate surface area is 117 Å². The van der Waals surface area contributed by atoms with E-state index in [1.54, 1.807) is 18.2 Å². The fourth-order valence-corrected chi connectivity index (χ4v) is 2.12. The normalized spacial score (nSPS) is 17.1. The van der Waals surface area contributed by atoms with Crippen molar-refractivity contribution in [3.05, 3.63) is 34.9 Å². The third-order valence-electron chi connectivity index (χ3n) is 3.19. The molecule has 20 heavy (non-hydrogen) atoms. The summed E-state index contributed by atoms with van der Waals surface area (Å²) in [6, 6.07) is 5.11. The fraction of sp³-hybridized carbons (Fsp3) is 0.333. The van der Waals surface area contributed by atoms with E-state index in [0.29, 0.717) is 24.1 Å². The van der Waals surface area contributed by atoms with Crippen LogP contribution in [0.3, 0.4) is 0 Å². The van der Waals surface area contributed by atoms with Gasteiger partial charge in [0, 0.05) is 24.1 Å². The van der Waals surface area contributed by atoms with Gasteiger partial charge in [-0.3, -0.25) is 9.59 Å². The van der Waals surface area contributed by atoms with Gasteiger partial charge in [0.25, 0.3) is 5.91 Å². The van der Waals surface area contributed by atoms with E-state index in [9.17, 15) is 9.59 Å². The average Bonchev–Trinajstić information content (AvgIpc) is 2.83. The first-order valence-electron chi connectivity index (χ1n) is 6.38.